The third-order valence-corrected chi connectivity index (χ3v) is 5.14. The number of hydrogen-bond acceptors (Lipinski definition) is 5. The average Bonchev–Trinajstić information content (AvgIpc) is 3.09. The minimum atomic E-state index is -0.332. The van der Waals surface area contributed by atoms with Crippen LogP contribution in [0.2, 0.25) is 0 Å². The number of anilines is 2. The molecule has 7 heteroatoms. The van der Waals surface area contributed by atoms with Crippen LogP contribution in [0.1, 0.15) is 19.5 Å². The van der Waals surface area contributed by atoms with Gasteiger partial charge in [-0.3, -0.25) is 14.6 Å². The highest BCUT2D eigenvalue weighted by atomic mass is 32.1. The molecule has 2 heterocycles. The van der Waals surface area contributed by atoms with E-state index in [-0.39, 0.29) is 17.8 Å². The first kappa shape index (κ1) is 17.0. The second-order valence-corrected chi connectivity index (χ2v) is 7.12. The smallest absolute Gasteiger partial charge is 0.230 e. The molecule has 0 spiro atoms. The number of thiazole rings is 1. The van der Waals surface area contributed by atoms with Crippen molar-refractivity contribution in [1.29, 1.82) is 0 Å². The molecule has 1 aliphatic heterocycles. The van der Waals surface area contributed by atoms with E-state index in [4.69, 9.17) is 5.73 Å². The predicted molar refractivity (Wildman–Crippen MR) is 93.8 cm³/mol. The van der Waals surface area contributed by atoms with Crippen LogP contribution in [0.25, 0.3) is 0 Å². The summed E-state index contributed by atoms with van der Waals surface area (Å²) in [5, 5.41) is 2.56. The maximum Gasteiger partial charge on any atom is 0.230 e. The third-order valence-electron chi connectivity index (χ3n) is 4.26. The van der Waals surface area contributed by atoms with Gasteiger partial charge < -0.3 is 5.73 Å². The molecule has 0 saturated carbocycles. The Bertz CT molecular complexity index is 708. The number of likely N-dealkylation sites (tertiary alicyclic amines) is 1. The van der Waals surface area contributed by atoms with Gasteiger partial charge in [0.25, 0.3) is 0 Å². The lowest BCUT2D eigenvalue weighted by Crippen LogP contribution is -2.28. The minimum absolute atomic E-state index is 0.153. The van der Waals surface area contributed by atoms with Crippen LogP contribution in [0, 0.1) is 11.7 Å². The lowest BCUT2D eigenvalue weighted by molar-refractivity contribution is -0.115. The quantitative estimate of drug-likeness (QED) is 0.923. The number of rotatable bonds is 4. The van der Waals surface area contributed by atoms with E-state index in [1.807, 2.05) is 5.38 Å². The van der Waals surface area contributed by atoms with Crippen molar-refractivity contribution in [1.82, 2.24) is 9.88 Å². The van der Waals surface area contributed by atoms with Crippen molar-refractivity contribution in [2.45, 2.75) is 26.4 Å². The first-order chi connectivity index (χ1) is 11.4. The molecule has 1 aliphatic rings. The summed E-state index contributed by atoms with van der Waals surface area (Å²) in [5.41, 5.74) is 7.59. The molecule has 1 aromatic carbocycles. The van der Waals surface area contributed by atoms with Gasteiger partial charge >= 0.3 is 0 Å². The molecule has 5 nitrogen and oxygen atoms in total. The molecule has 2 aromatic rings. The van der Waals surface area contributed by atoms with Gasteiger partial charge in [-0.25, -0.2) is 9.37 Å². The summed E-state index contributed by atoms with van der Waals surface area (Å²) in [5.74, 6) is -0.00284. The summed E-state index contributed by atoms with van der Waals surface area (Å²) in [6, 6.07) is 6.05. The van der Waals surface area contributed by atoms with Gasteiger partial charge in [-0.15, -0.1) is 11.3 Å². The molecule has 1 amide bonds. The van der Waals surface area contributed by atoms with E-state index in [9.17, 15) is 9.18 Å². The number of nitrogens with two attached hydrogens (primary N) is 1. The first-order valence-corrected chi connectivity index (χ1v) is 8.80. The number of amides is 1. The lowest BCUT2D eigenvalue weighted by atomic mass is 10.1. The maximum absolute atomic E-state index is 13.1. The fourth-order valence-corrected chi connectivity index (χ4v) is 3.82. The number of benzene rings is 1. The fourth-order valence-electron chi connectivity index (χ4n) is 2.94. The standard InChI is InChI=1S/C17H21FN4OS/c1-11-7-21(9-16(11)19)8-14-10-24-17(20-14)22(12(2)23)15-5-3-13(18)4-6-15/h3-6,10-11,16H,7-9,19H2,1-2H3. The van der Waals surface area contributed by atoms with Crippen LogP contribution in [0.5, 0.6) is 0 Å². The Balaban J connectivity index is 1.77. The second-order valence-electron chi connectivity index (χ2n) is 6.29. The molecule has 3 rings (SSSR count). The van der Waals surface area contributed by atoms with Crippen LogP contribution in [0.4, 0.5) is 15.2 Å². The summed E-state index contributed by atoms with van der Waals surface area (Å²) < 4.78 is 13.1. The van der Waals surface area contributed by atoms with Crippen molar-refractivity contribution in [3.8, 4) is 0 Å². The van der Waals surface area contributed by atoms with Gasteiger partial charge in [-0.05, 0) is 30.2 Å². The van der Waals surface area contributed by atoms with Crippen molar-refractivity contribution in [2.75, 3.05) is 18.0 Å². The molecule has 24 heavy (non-hydrogen) atoms. The van der Waals surface area contributed by atoms with Gasteiger partial charge in [0.1, 0.15) is 5.82 Å². The molecular formula is C17H21FN4OS. The number of aromatic nitrogens is 1. The zero-order chi connectivity index (χ0) is 17.3. The summed E-state index contributed by atoms with van der Waals surface area (Å²) in [6.07, 6.45) is 0. The summed E-state index contributed by atoms with van der Waals surface area (Å²) in [7, 11) is 0. The van der Waals surface area contributed by atoms with Gasteiger partial charge in [-0.1, -0.05) is 6.92 Å². The topological polar surface area (TPSA) is 62.5 Å². The van der Waals surface area contributed by atoms with Crippen LogP contribution < -0.4 is 10.6 Å². The minimum Gasteiger partial charge on any atom is -0.326 e. The van der Waals surface area contributed by atoms with Crippen LogP contribution in [-0.2, 0) is 11.3 Å². The third kappa shape index (κ3) is 3.63. The van der Waals surface area contributed by atoms with Gasteiger partial charge in [0, 0.05) is 38.0 Å². The Morgan fingerprint density at radius 1 is 1.42 bits per heavy atom. The van der Waals surface area contributed by atoms with E-state index in [1.165, 1.54) is 35.3 Å². The van der Waals surface area contributed by atoms with Crippen LogP contribution in [0.15, 0.2) is 29.6 Å². The number of hydrogen-bond donors (Lipinski definition) is 1. The maximum atomic E-state index is 13.1. The van der Waals surface area contributed by atoms with E-state index in [2.05, 4.69) is 16.8 Å². The monoisotopic (exact) mass is 348 g/mol. The van der Waals surface area contributed by atoms with E-state index >= 15 is 0 Å². The Kier molecular flexibility index (Phi) is 4.93. The highest BCUT2D eigenvalue weighted by Gasteiger charge is 2.27. The zero-order valence-corrected chi connectivity index (χ0v) is 14.6. The number of carbonyl (C=O) groups excluding carboxylic acids is 1. The van der Waals surface area contributed by atoms with E-state index in [1.54, 1.807) is 12.1 Å². The molecule has 2 unspecified atom stereocenters. The number of halogens is 1. The zero-order valence-electron chi connectivity index (χ0n) is 13.8. The number of carbonyl (C=O) groups is 1. The van der Waals surface area contributed by atoms with Crippen LogP contribution >= 0.6 is 11.3 Å². The summed E-state index contributed by atoms with van der Waals surface area (Å²) in [6.45, 7) is 6.18. The Morgan fingerprint density at radius 2 is 2.12 bits per heavy atom. The Hall–Kier alpha value is -1.83. The van der Waals surface area contributed by atoms with Crippen molar-refractivity contribution in [3.63, 3.8) is 0 Å². The second kappa shape index (κ2) is 6.96. The molecule has 0 bridgehead atoms. The van der Waals surface area contributed by atoms with Crippen molar-refractivity contribution < 1.29 is 9.18 Å². The lowest BCUT2D eigenvalue weighted by Gasteiger charge is -2.18. The average molecular weight is 348 g/mol. The Morgan fingerprint density at radius 3 is 2.71 bits per heavy atom. The van der Waals surface area contributed by atoms with Crippen molar-refractivity contribution in [2.24, 2.45) is 11.7 Å². The molecule has 0 aliphatic carbocycles. The van der Waals surface area contributed by atoms with Crippen LogP contribution in [-0.4, -0.2) is 34.9 Å². The molecule has 1 aromatic heterocycles. The number of nitrogens with zero attached hydrogens (tertiary/aromatic N) is 3. The first-order valence-electron chi connectivity index (χ1n) is 7.92. The van der Waals surface area contributed by atoms with Gasteiger partial charge in [0.05, 0.1) is 11.4 Å². The van der Waals surface area contributed by atoms with E-state index in [0.717, 1.165) is 25.3 Å². The van der Waals surface area contributed by atoms with E-state index in [0.29, 0.717) is 16.7 Å². The van der Waals surface area contributed by atoms with Gasteiger partial charge in [0.15, 0.2) is 5.13 Å². The molecule has 1 saturated heterocycles. The predicted octanol–water partition coefficient (Wildman–Crippen LogP) is 2.75. The molecule has 128 valence electrons. The molecule has 2 atom stereocenters. The van der Waals surface area contributed by atoms with Crippen molar-refractivity contribution in [3.05, 3.63) is 41.2 Å². The molecule has 0 radical (unpaired) electrons. The summed E-state index contributed by atoms with van der Waals surface area (Å²) >= 11 is 1.41. The largest absolute Gasteiger partial charge is 0.326 e. The van der Waals surface area contributed by atoms with Gasteiger partial charge in [0.2, 0.25) is 5.91 Å². The fraction of sp³-hybridized carbons (Fsp3) is 0.412. The van der Waals surface area contributed by atoms with E-state index < -0.39 is 0 Å². The van der Waals surface area contributed by atoms with Crippen LogP contribution in [0.3, 0.4) is 0 Å². The molecular weight excluding hydrogens is 327 g/mol. The summed E-state index contributed by atoms with van der Waals surface area (Å²) in [4.78, 5) is 20.4. The highest BCUT2D eigenvalue weighted by Crippen LogP contribution is 2.30. The molecule has 2 N–H and O–H groups in total. The van der Waals surface area contributed by atoms with Gasteiger partial charge in [-0.2, -0.15) is 0 Å². The highest BCUT2D eigenvalue weighted by molar-refractivity contribution is 7.14. The Labute approximate surface area is 144 Å². The molecule has 1 fully saturated rings. The SMILES string of the molecule is CC(=O)N(c1ccc(F)cc1)c1nc(CN2CC(C)C(N)C2)cs1. The van der Waals surface area contributed by atoms with Crippen molar-refractivity contribution >= 4 is 28.1 Å². The normalized spacial score (nSPS) is 21.2.